The van der Waals surface area contributed by atoms with Crippen molar-refractivity contribution in [3.05, 3.63) is 34.3 Å². The molecule has 0 bridgehead atoms. The second kappa shape index (κ2) is 6.35. The number of hydrogen-bond acceptors (Lipinski definition) is 3. The number of likely N-dealkylation sites (N-methyl/N-ethyl adjacent to an activating group) is 1. The van der Waals surface area contributed by atoms with Gasteiger partial charge in [0.05, 0.1) is 13.2 Å². The summed E-state index contributed by atoms with van der Waals surface area (Å²) in [6.07, 6.45) is 0.908. The van der Waals surface area contributed by atoms with E-state index in [4.69, 9.17) is 10.6 Å². The topological polar surface area (TPSA) is 38.5 Å². The average molecular weight is 287 g/mol. The summed E-state index contributed by atoms with van der Waals surface area (Å²) in [7, 11) is 3.56. The molecular formula is C12H19BrN2O. The summed E-state index contributed by atoms with van der Waals surface area (Å²) in [6, 6.07) is 8.30. The lowest BCUT2D eigenvalue weighted by atomic mass is 9.98. The first-order valence-corrected chi connectivity index (χ1v) is 6.17. The van der Waals surface area contributed by atoms with E-state index >= 15 is 0 Å². The van der Waals surface area contributed by atoms with Gasteiger partial charge in [0, 0.05) is 17.6 Å². The molecule has 0 aliphatic carbocycles. The minimum absolute atomic E-state index is 0.0549. The van der Waals surface area contributed by atoms with Crippen LogP contribution in [0.3, 0.4) is 0 Å². The Bertz CT molecular complexity index is 323. The van der Waals surface area contributed by atoms with Crippen molar-refractivity contribution >= 4 is 15.9 Å². The first-order chi connectivity index (χ1) is 7.60. The molecule has 2 atom stereocenters. The second-order valence-corrected chi connectivity index (χ2v) is 4.72. The van der Waals surface area contributed by atoms with E-state index in [1.165, 1.54) is 0 Å². The Morgan fingerprint density at radius 2 is 2.19 bits per heavy atom. The largest absolute Gasteiger partial charge is 0.326 e. The molecule has 0 saturated heterocycles. The van der Waals surface area contributed by atoms with E-state index in [2.05, 4.69) is 35.0 Å². The van der Waals surface area contributed by atoms with Gasteiger partial charge in [-0.3, -0.25) is 0 Å². The molecule has 0 aromatic heterocycles. The highest BCUT2D eigenvalue weighted by molar-refractivity contribution is 9.10. The van der Waals surface area contributed by atoms with Crippen LogP contribution in [-0.2, 0) is 4.84 Å². The minimum atomic E-state index is 0.0549. The standard InChI is InChI=1S/C12H19BrN2O/c1-4-11(14)12(15(2)16-3)9-6-5-7-10(13)8-9/h5-8,11-12H,4,14H2,1-3H3. The monoisotopic (exact) mass is 286 g/mol. The molecule has 90 valence electrons. The van der Waals surface area contributed by atoms with Crippen LogP contribution in [0.15, 0.2) is 28.7 Å². The fraction of sp³-hybridized carbons (Fsp3) is 0.500. The van der Waals surface area contributed by atoms with Crippen LogP contribution in [0.25, 0.3) is 0 Å². The van der Waals surface area contributed by atoms with Gasteiger partial charge in [0.25, 0.3) is 0 Å². The molecule has 0 spiro atoms. The highest BCUT2D eigenvalue weighted by atomic mass is 79.9. The van der Waals surface area contributed by atoms with Gasteiger partial charge in [0.1, 0.15) is 0 Å². The van der Waals surface area contributed by atoms with Crippen molar-refractivity contribution in [2.24, 2.45) is 5.73 Å². The molecule has 0 aliphatic heterocycles. The van der Waals surface area contributed by atoms with E-state index in [1.807, 2.05) is 19.2 Å². The highest BCUT2D eigenvalue weighted by Gasteiger charge is 2.23. The van der Waals surface area contributed by atoms with Gasteiger partial charge in [0.2, 0.25) is 0 Å². The molecule has 1 aromatic carbocycles. The van der Waals surface area contributed by atoms with E-state index in [9.17, 15) is 0 Å². The van der Waals surface area contributed by atoms with Gasteiger partial charge in [-0.15, -0.1) is 0 Å². The SMILES string of the molecule is CCC(N)C(c1cccc(Br)c1)N(C)OC. The Hall–Kier alpha value is -0.420. The van der Waals surface area contributed by atoms with Crippen LogP contribution in [0.1, 0.15) is 24.9 Å². The van der Waals surface area contributed by atoms with E-state index in [-0.39, 0.29) is 12.1 Å². The van der Waals surface area contributed by atoms with Crippen molar-refractivity contribution in [1.82, 2.24) is 5.06 Å². The van der Waals surface area contributed by atoms with Crippen molar-refractivity contribution < 1.29 is 4.84 Å². The van der Waals surface area contributed by atoms with Gasteiger partial charge in [-0.2, -0.15) is 5.06 Å². The van der Waals surface area contributed by atoms with Crippen LogP contribution in [-0.4, -0.2) is 25.3 Å². The van der Waals surface area contributed by atoms with Crippen molar-refractivity contribution in [1.29, 1.82) is 0 Å². The van der Waals surface area contributed by atoms with E-state index < -0.39 is 0 Å². The number of benzene rings is 1. The van der Waals surface area contributed by atoms with Crippen LogP contribution >= 0.6 is 15.9 Å². The number of rotatable bonds is 5. The number of nitrogens with two attached hydrogens (primary N) is 1. The third-order valence-electron chi connectivity index (χ3n) is 2.75. The summed E-state index contributed by atoms with van der Waals surface area (Å²) in [5.41, 5.74) is 7.30. The summed E-state index contributed by atoms with van der Waals surface area (Å²) < 4.78 is 1.06. The van der Waals surface area contributed by atoms with E-state index in [1.54, 1.807) is 12.2 Å². The zero-order chi connectivity index (χ0) is 12.1. The first-order valence-electron chi connectivity index (χ1n) is 5.38. The van der Waals surface area contributed by atoms with Crippen molar-refractivity contribution in [3.63, 3.8) is 0 Å². The van der Waals surface area contributed by atoms with Crippen LogP contribution in [0, 0.1) is 0 Å². The molecule has 0 fully saturated rings. The van der Waals surface area contributed by atoms with Crippen molar-refractivity contribution in [3.8, 4) is 0 Å². The van der Waals surface area contributed by atoms with Crippen molar-refractivity contribution in [2.75, 3.05) is 14.2 Å². The maximum Gasteiger partial charge on any atom is 0.0750 e. The van der Waals surface area contributed by atoms with Crippen molar-refractivity contribution in [2.45, 2.75) is 25.4 Å². The van der Waals surface area contributed by atoms with Gasteiger partial charge < -0.3 is 10.6 Å². The number of hydroxylamine groups is 2. The highest BCUT2D eigenvalue weighted by Crippen LogP contribution is 2.26. The number of hydrogen-bond donors (Lipinski definition) is 1. The molecule has 2 unspecified atom stereocenters. The third-order valence-corrected chi connectivity index (χ3v) is 3.24. The average Bonchev–Trinajstić information content (AvgIpc) is 2.29. The molecular weight excluding hydrogens is 268 g/mol. The Balaban J connectivity index is 3.00. The quantitative estimate of drug-likeness (QED) is 0.846. The van der Waals surface area contributed by atoms with Crippen LogP contribution < -0.4 is 5.73 Å². The molecule has 0 aliphatic rings. The summed E-state index contributed by atoms with van der Waals surface area (Å²) in [4.78, 5) is 5.27. The first kappa shape index (κ1) is 13.6. The minimum Gasteiger partial charge on any atom is -0.326 e. The van der Waals surface area contributed by atoms with E-state index in [0.717, 1.165) is 16.5 Å². The van der Waals surface area contributed by atoms with Crippen LogP contribution in [0.2, 0.25) is 0 Å². The van der Waals surface area contributed by atoms with Gasteiger partial charge in [-0.1, -0.05) is 35.0 Å². The molecule has 2 N–H and O–H groups in total. The lowest BCUT2D eigenvalue weighted by Crippen LogP contribution is -2.38. The Kier molecular flexibility index (Phi) is 5.41. The fourth-order valence-electron chi connectivity index (χ4n) is 1.75. The smallest absolute Gasteiger partial charge is 0.0750 e. The summed E-state index contributed by atoms with van der Waals surface area (Å²) in [6.45, 7) is 2.08. The maximum atomic E-state index is 6.14. The Morgan fingerprint density at radius 1 is 1.50 bits per heavy atom. The predicted molar refractivity (Wildman–Crippen MR) is 69.9 cm³/mol. The van der Waals surface area contributed by atoms with Gasteiger partial charge in [0.15, 0.2) is 0 Å². The number of halogens is 1. The fourth-order valence-corrected chi connectivity index (χ4v) is 2.17. The molecule has 0 radical (unpaired) electrons. The van der Waals surface area contributed by atoms with Gasteiger partial charge in [-0.25, -0.2) is 0 Å². The van der Waals surface area contributed by atoms with Crippen LogP contribution in [0.4, 0.5) is 0 Å². The Morgan fingerprint density at radius 3 is 2.69 bits per heavy atom. The molecule has 3 nitrogen and oxygen atoms in total. The molecule has 0 heterocycles. The third kappa shape index (κ3) is 3.28. The summed E-state index contributed by atoms with van der Waals surface area (Å²) >= 11 is 3.47. The second-order valence-electron chi connectivity index (χ2n) is 3.80. The molecule has 1 aromatic rings. The van der Waals surface area contributed by atoms with Gasteiger partial charge in [-0.05, 0) is 24.1 Å². The zero-order valence-electron chi connectivity index (χ0n) is 9.98. The lowest BCUT2D eigenvalue weighted by molar-refractivity contribution is -0.148. The Labute approximate surface area is 106 Å². The summed E-state index contributed by atoms with van der Waals surface area (Å²) in [5.74, 6) is 0. The predicted octanol–water partition coefficient (Wildman–Crippen LogP) is 2.72. The maximum absolute atomic E-state index is 6.14. The molecule has 0 amide bonds. The molecule has 1 rings (SSSR count). The zero-order valence-corrected chi connectivity index (χ0v) is 11.6. The normalized spacial score (nSPS) is 15.1. The van der Waals surface area contributed by atoms with E-state index in [0.29, 0.717) is 0 Å². The molecule has 16 heavy (non-hydrogen) atoms. The lowest BCUT2D eigenvalue weighted by Gasteiger charge is -2.30. The summed E-state index contributed by atoms with van der Waals surface area (Å²) in [5, 5.41) is 1.80. The number of nitrogens with zero attached hydrogens (tertiary/aromatic N) is 1. The van der Waals surface area contributed by atoms with Gasteiger partial charge >= 0.3 is 0 Å². The van der Waals surface area contributed by atoms with Crippen LogP contribution in [0.5, 0.6) is 0 Å². The molecule has 0 saturated carbocycles. The molecule has 4 heteroatoms.